The maximum Gasteiger partial charge on any atom is 0.316 e. The summed E-state index contributed by atoms with van der Waals surface area (Å²) in [4.78, 5) is 23.1. The lowest BCUT2D eigenvalue weighted by Crippen LogP contribution is -2.44. The summed E-state index contributed by atoms with van der Waals surface area (Å²) in [5.74, 6) is -0.00553. The molecule has 1 aliphatic rings. The van der Waals surface area contributed by atoms with E-state index >= 15 is 0 Å². The predicted molar refractivity (Wildman–Crippen MR) is 103 cm³/mol. The number of ether oxygens (including phenoxy) is 1. The molecule has 1 aromatic carbocycles. The monoisotopic (exact) mass is 427 g/mol. The molecule has 1 saturated heterocycles. The van der Waals surface area contributed by atoms with Gasteiger partial charge in [0, 0.05) is 36.9 Å². The van der Waals surface area contributed by atoms with Crippen LogP contribution in [0.3, 0.4) is 0 Å². The predicted octanol–water partition coefficient (Wildman–Crippen LogP) is 3.11. The van der Waals surface area contributed by atoms with Crippen molar-refractivity contribution < 1.29 is 9.53 Å². The van der Waals surface area contributed by atoms with Gasteiger partial charge in [-0.2, -0.15) is 5.10 Å². The summed E-state index contributed by atoms with van der Waals surface area (Å²) in [6, 6.07) is 9.67. The van der Waals surface area contributed by atoms with Gasteiger partial charge in [0.1, 0.15) is 6.10 Å². The molecule has 2 aromatic heterocycles. The van der Waals surface area contributed by atoms with Crippen LogP contribution in [0.5, 0.6) is 6.01 Å². The highest BCUT2D eigenvalue weighted by molar-refractivity contribution is 9.10. The zero-order chi connectivity index (χ0) is 18.6. The number of piperidine rings is 1. The van der Waals surface area contributed by atoms with E-state index in [1.54, 1.807) is 23.3 Å². The Morgan fingerprint density at radius 1 is 1.22 bits per heavy atom. The Kier molecular flexibility index (Phi) is 5.15. The molecule has 1 amide bonds. The summed E-state index contributed by atoms with van der Waals surface area (Å²) in [5, 5.41) is 4.22. The molecule has 1 atom stereocenters. The number of carbonyl (C=O) groups is 1. The average Bonchev–Trinajstić information content (AvgIpc) is 3.24. The van der Waals surface area contributed by atoms with E-state index in [4.69, 9.17) is 4.74 Å². The third-order valence-corrected chi connectivity index (χ3v) is 4.81. The molecule has 0 unspecified atom stereocenters. The largest absolute Gasteiger partial charge is 0.458 e. The molecule has 27 heavy (non-hydrogen) atoms. The lowest BCUT2D eigenvalue weighted by molar-refractivity contribution is 0.0515. The van der Waals surface area contributed by atoms with E-state index < -0.39 is 0 Å². The molecule has 0 spiro atoms. The van der Waals surface area contributed by atoms with Crippen LogP contribution in [0.4, 0.5) is 0 Å². The maximum atomic E-state index is 13.0. The van der Waals surface area contributed by atoms with Gasteiger partial charge in [-0.3, -0.25) is 4.79 Å². The molecular formula is C19H18BrN5O2. The molecule has 0 N–H and O–H groups in total. The number of halogens is 1. The number of benzene rings is 1. The van der Waals surface area contributed by atoms with Crippen molar-refractivity contribution in [3.05, 3.63) is 65.2 Å². The first-order chi connectivity index (χ1) is 13.2. The Morgan fingerprint density at radius 2 is 2.07 bits per heavy atom. The fraction of sp³-hybridized carbons (Fsp3) is 0.263. The summed E-state index contributed by atoms with van der Waals surface area (Å²) in [6.07, 6.45) is 8.50. The van der Waals surface area contributed by atoms with Crippen LogP contribution in [-0.4, -0.2) is 49.7 Å². The van der Waals surface area contributed by atoms with Gasteiger partial charge in [0.25, 0.3) is 5.91 Å². The lowest BCUT2D eigenvalue weighted by atomic mass is 10.1. The van der Waals surface area contributed by atoms with E-state index in [0.29, 0.717) is 24.7 Å². The minimum atomic E-state index is -0.113. The van der Waals surface area contributed by atoms with Crippen LogP contribution in [0.25, 0.3) is 5.69 Å². The minimum Gasteiger partial charge on any atom is -0.458 e. The van der Waals surface area contributed by atoms with Gasteiger partial charge < -0.3 is 9.64 Å². The van der Waals surface area contributed by atoms with Crippen molar-refractivity contribution >= 4 is 21.8 Å². The molecule has 1 fully saturated rings. The topological polar surface area (TPSA) is 73.1 Å². The summed E-state index contributed by atoms with van der Waals surface area (Å²) in [5.41, 5.74) is 1.50. The van der Waals surface area contributed by atoms with Gasteiger partial charge in [-0.15, -0.1) is 0 Å². The van der Waals surface area contributed by atoms with E-state index in [-0.39, 0.29) is 12.0 Å². The third-order valence-electron chi connectivity index (χ3n) is 4.40. The van der Waals surface area contributed by atoms with E-state index in [9.17, 15) is 4.79 Å². The van der Waals surface area contributed by atoms with Gasteiger partial charge in [-0.05, 0) is 53.0 Å². The highest BCUT2D eigenvalue weighted by Gasteiger charge is 2.26. The summed E-state index contributed by atoms with van der Waals surface area (Å²) in [6.45, 7) is 1.23. The number of rotatable bonds is 4. The van der Waals surface area contributed by atoms with Gasteiger partial charge in [-0.25, -0.2) is 14.6 Å². The normalized spacial score (nSPS) is 16.9. The number of hydrogen-bond acceptors (Lipinski definition) is 5. The highest BCUT2D eigenvalue weighted by atomic mass is 79.9. The van der Waals surface area contributed by atoms with Crippen LogP contribution in [0.2, 0.25) is 0 Å². The molecule has 8 heteroatoms. The fourth-order valence-electron chi connectivity index (χ4n) is 3.11. The van der Waals surface area contributed by atoms with Gasteiger partial charge in [0.15, 0.2) is 0 Å². The zero-order valence-electron chi connectivity index (χ0n) is 14.5. The second kappa shape index (κ2) is 7.87. The quantitative estimate of drug-likeness (QED) is 0.639. The maximum absolute atomic E-state index is 13.0. The Hall–Kier alpha value is -2.74. The van der Waals surface area contributed by atoms with E-state index in [1.807, 2.05) is 41.4 Å². The van der Waals surface area contributed by atoms with Crippen molar-refractivity contribution in [2.75, 3.05) is 13.1 Å². The van der Waals surface area contributed by atoms with Crippen LogP contribution in [0.1, 0.15) is 23.2 Å². The molecule has 0 aliphatic carbocycles. The molecule has 3 aromatic rings. The van der Waals surface area contributed by atoms with E-state index in [2.05, 4.69) is 31.0 Å². The van der Waals surface area contributed by atoms with Gasteiger partial charge in [0.2, 0.25) is 0 Å². The van der Waals surface area contributed by atoms with Crippen molar-refractivity contribution in [1.82, 2.24) is 24.6 Å². The number of aromatic nitrogens is 4. The number of hydrogen-bond donors (Lipinski definition) is 0. The molecule has 0 radical (unpaired) electrons. The number of carbonyl (C=O) groups excluding carboxylic acids is 1. The molecule has 1 aliphatic heterocycles. The number of amides is 1. The summed E-state index contributed by atoms with van der Waals surface area (Å²) < 4.78 is 8.40. The SMILES string of the molecule is O=C(c1cccc(-n2cccn2)c1)N1CCC[C@H](Oc2ncc(Br)cn2)C1. The number of nitrogens with zero attached hydrogens (tertiary/aromatic N) is 5. The first-order valence-corrected chi connectivity index (χ1v) is 9.52. The second-order valence-corrected chi connectivity index (χ2v) is 7.23. The second-order valence-electron chi connectivity index (χ2n) is 6.32. The van der Waals surface area contributed by atoms with Crippen LogP contribution < -0.4 is 4.74 Å². The molecule has 0 bridgehead atoms. The summed E-state index contributed by atoms with van der Waals surface area (Å²) >= 11 is 3.31. The first kappa shape index (κ1) is 17.7. The molecule has 138 valence electrons. The first-order valence-electron chi connectivity index (χ1n) is 8.72. The van der Waals surface area contributed by atoms with Crippen molar-refractivity contribution in [2.45, 2.75) is 18.9 Å². The zero-order valence-corrected chi connectivity index (χ0v) is 16.1. The smallest absolute Gasteiger partial charge is 0.316 e. The minimum absolute atomic E-state index is 0.00553. The molecular weight excluding hydrogens is 410 g/mol. The van der Waals surface area contributed by atoms with Gasteiger partial charge in [-0.1, -0.05) is 6.07 Å². The summed E-state index contributed by atoms with van der Waals surface area (Å²) in [7, 11) is 0. The molecule has 0 saturated carbocycles. The van der Waals surface area contributed by atoms with Crippen LogP contribution in [0.15, 0.2) is 59.6 Å². The Labute approximate surface area is 165 Å². The standard InChI is InChI=1S/C19H18BrN5O2/c20-15-11-21-19(22-12-15)27-17-6-2-8-24(13-17)18(26)14-4-1-5-16(10-14)25-9-3-7-23-25/h1,3-5,7,9-12,17H,2,6,8,13H2/t17-/m0/s1. The molecule has 4 rings (SSSR count). The van der Waals surface area contributed by atoms with Crippen LogP contribution in [0, 0.1) is 0 Å². The molecule has 7 nitrogen and oxygen atoms in total. The van der Waals surface area contributed by atoms with Crippen molar-refractivity contribution in [3.63, 3.8) is 0 Å². The Morgan fingerprint density at radius 3 is 2.85 bits per heavy atom. The molecule has 3 heterocycles. The van der Waals surface area contributed by atoms with Crippen molar-refractivity contribution in [1.29, 1.82) is 0 Å². The number of likely N-dealkylation sites (tertiary alicyclic amines) is 1. The lowest BCUT2D eigenvalue weighted by Gasteiger charge is -2.32. The third kappa shape index (κ3) is 4.16. The highest BCUT2D eigenvalue weighted by Crippen LogP contribution is 2.19. The van der Waals surface area contributed by atoms with Crippen LogP contribution in [-0.2, 0) is 0 Å². The van der Waals surface area contributed by atoms with E-state index in [0.717, 1.165) is 23.0 Å². The van der Waals surface area contributed by atoms with Crippen LogP contribution >= 0.6 is 15.9 Å². The fourth-order valence-corrected chi connectivity index (χ4v) is 3.32. The Balaban J connectivity index is 1.45. The van der Waals surface area contributed by atoms with Gasteiger partial charge in [0.05, 0.1) is 16.7 Å². The average molecular weight is 428 g/mol. The Bertz CT molecular complexity index is 914. The van der Waals surface area contributed by atoms with E-state index in [1.165, 1.54) is 0 Å². The van der Waals surface area contributed by atoms with Gasteiger partial charge >= 0.3 is 6.01 Å². The van der Waals surface area contributed by atoms with Crippen molar-refractivity contribution in [3.8, 4) is 11.7 Å². The van der Waals surface area contributed by atoms with Crippen molar-refractivity contribution in [2.24, 2.45) is 0 Å².